The van der Waals surface area contributed by atoms with E-state index in [-0.39, 0.29) is 69.9 Å². The zero-order valence-electron chi connectivity index (χ0n) is 38.3. The quantitative estimate of drug-likeness (QED) is 0.0366. The first-order valence-electron chi connectivity index (χ1n) is 21.5. The Hall–Kier alpha value is -6.66. The number of carboxylic acid groups (broad SMARTS) is 4. The first-order valence-corrected chi connectivity index (χ1v) is 28.2. The molecular weight excluding hydrogens is 1080 g/mol. The predicted octanol–water partition coefficient (Wildman–Crippen LogP) is 2.34. The molecule has 1 aliphatic rings. The topological polar surface area (TPSA) is 456 Å². The highest BCUT2D eigenvalue weighted by Gasteiger charge is 2.47. The van der Waals surface area contributed by atoms with Crippen LogP contribution >= 0.6 is 32.3 Å². The number of pyridine rings is 3. The number of aliphatic hydroxyl groups is 2. The van der Waals surface area contributed by atoms with Crippen LogP contribution in [0.2, 0.25) is 0 Å². The number of aliphatic carboxylic acids is 4. The molecule has 0 aliphatic carbocycles. The number of aliphatic hydroxyl groups excluding tert-OH is 2. The third kappa shape index (κ3) is 15.2. The van der Waals surface area contributed by atoms with Crippen molar-refractivity contribution in [1.82, 2.24) is 44.3 Å². The Bertz CT molecular complexity index is 3140. The van der Waals surface area contributed by atoms with Crippen molar-refractivity contribution in [2.45, 2.75) is 37.6 Å². The lowest BCUT2D eigenvalue weighted by atomic mass is 10.0. The number of aromatic nitrogens is 7. The fraction of sp³-hybridized carbons (Fsp3) is 0.268. The Labute approximate surface area is 425 Å². The predicted molar refractivity (Wildman–Crippen MR) is 261 cm³/mol. The normalized spacial score (nSPS) is 19.1. The molecule has 4 unspecified atom stereocenters. The zero-order valence-corrected chi connectivity index (χ0v) is 41.8. The van der Waals surface area contributed by atoms with Crippen molar-refractivity contribution < 1.29 is 91.8 Å². The summed E-state index contributed by atoms with van der Waals surface area (Å²) in [5.41, 5.74) is 8.33. The molecule has 6 heterocycles. The Kier molecular flexibility index (Phi) is 17.6. The van der Waals surface area contributed by atoms with E-state index in [0.29, 0.717) is 11.1 Å². The molecule has 75 heavy (non-hydrogen) atoms. The smallest absolute Gasteiger partial charge is 0.480 e. The Morgan fingerprint density at radius 1 is 0.707 bits per heavy atom. The number of hydrogen-bond acceptors (Lipinski definition) is 22. The molecule has 5 aromatic heterocycles. The van der Waals surface area contributed by atoms with E-state index in [1.807, 2.05) is 0 Å². The summed E-state index contributed by atoms with van der Waals surface area (Å²) in [5, 5.41) is 60.9. The maximum atomic E-state index is 13.3. The van der Waals surface area contributed by atoms with Crippen molar-refractivity contribution in [2.24, 2.45) is 0 Å². The van der Waals surface area contributed by atoms with Crippen LogP contribution in [0.4, 0.5) is 11.5 Å². The van der Waals surface area contributed by atoms with E-state index in [0.717, 1.165) is 16.1 Å². The molecule has 34 heteroatoms. The van der Waals surface area contributed by atoms with E-state index in [1.165, 1.54) is 35.2 Å². The molecule has 0 amide bonds. The number of carbonyl (C=O) groups is 4. The van der Waals surface area contributed by atoms with E-state index in [4.69, 9.17) is 20.0 Å². The number of nitrogens with one attached hydrogen (secondary N) is 1. The second-order valence-corrected chi connectivity index (χ2v) is 25.3. The van der Waals surface area contributed by atoms with Crippen LogP contribution in [0.1, 0.15) is 17.6 Å². The van der Waals surface area contributed by atoms with Crippen molar-refractivity contribution in [3.63, 3.8) is 0 Å². The largest absolute Gasteiger partial charge is 0.480 e. The van der Waals surface area contributed by atoms with Crippen LogP contribution in [0.25, 0.3) is 45.1 Å². The van der Waals surface area contributed by atoms with Gasteiger partial charge in [-0.25, -0.2) is 39.0 Å². The minimum Gasteiger partial charge on any atom is -0.480 e. The van der Waals surface area contributed by atoms with Gasteiger partial charge < -0.3 is 60.9 Å². The average Bonchev–Trinajstić information content (AvgIpc) is 3.86. The lowest BCUT2D eigenvalue weighted by Crippen LogP contribution is -2.34. The van der Waals surface area contributed by atoms with Gasteiger partial charge in [-0.15, -0.1) is 0 Å². The molecule has 1 saturated heterocycles. The molecule has 0 saturated carbocycles. The summed E-state index contributed by atoms with van der Waals surface area (Å²) in [6.45, 7) is -14.3. The molecule has 398 valence electrons. The van der Waals surface area contributed by atoms with Gasteiger partial charge in [0.1, 0.15) is 30.2 Å². The SMILES string of the molecule is Nc1ncnc2c1ncn2[C@@H]1O[C@H](COP(=O)(O)OP(=O)(O)SP(=O)(O)Nc2ccc(-c3cc(-c4cccc(CN(CC(=O)O)CC(=O)O)n4)nc(-c4cccc(CN(CC(=O)O)CC(=O)O)n4)c3)cc2)C(O)[C@@H]1O. The number of fused-ring (bicyclic) bond motifs is 1. The fourth-order valence-corrected chi connectivity index (χ4v) is 16.0. The Morgan fingerprint density at radius 2 is 1.24 bits per heavy atom. The maximum absolute atomic E-state index is 13.3. The summed E-state index contributed by atoms with van der Waals surface area (Å²) in [5.74, 6) is -5.06. The summed E-state index contributed by atoms with van der Waals surface area (Å²) in [4.78, 5) is 106. The highest BCUT2D eigenvalue weighted by molar-refractivity contribution is 8.85. The van der Waals surface area contributed by atoms with Crippen molar-refractivity contribution >= 4 is 78.9 Å². The third-order valence-corrected chi connectivity index (χ3v) is 19.6. The van der Waals surface area contributed by atoms with Crippen LogP contribution in [0.15, 0.2) is 85.5 Å². The van der Waals surface area contributed by atoms with E-state index in [1.54, 1.807) is 48.5 Å². The minimum absolute atomic E-state index is 0.00923. The van der Waals surface area contributed by atoms with E-state index in [2.05, 4.69) is 34.3 Å². The number of rotatable bonds is 25. The standard InChI is InChI=1S/C41H44N11O19P3S/c42-39-36-40(44-20-43-39)52(21-45-36)41-38(62)37(61)31(70-41)19-69-73(65,66)71-74(67,68)75-72(63,64)49-24-9-7-22(8-10-24)23-11-29(27-5-1-3-25(46-27)13-50(15-32(53)54)16-33(55)56)48-30(12-23)28-6-2-4-26(47-28)14-51(17-34(57)58)18-35(59)60/h1-12,20-21,31,37-38,41,61-62H,13-19H2,(H,53,54)(H,55,56)(H,57,58)(H,59,60)(H,65,66)(H,67,68)(H2,42,43,44)(H2,49,63,64)/t31-,37?,38+,41-/m1/s1. The number of phosphoric acid groups is 1. The molecule has 6 aromatic rings. The number of benzene rings is 1. The van der Waals surface area contributed by atoms with Gasteiger partial charge >= 0.3 is 45.2 Å². The van der Waals surface area contributed by atoms with E-state index < -0.39 is 114 Å². The second-order valence-electron chi connectivity index (χ2n) is 16.3. The van der Waals surface area contributed by atoms with Crippen LogP contribution in [0, 0.1) is 0 Å². The first-order chi connectivity index (χ1) is 35.3. The van der Waals surface area contributed by atoms with Crippen LogP contribution in [0.3, 0.4) is 0 Å². The number of hydrogen-bond donors (Lipinski definition) is 11. The maximum Gasteiger partial charge on any atom is 0.480 e. The van der Waals surface area contributed by atoms with Crippen molar-refractivity contribution in [3.8, 4) is 33.9 Å². The lowest BCUT2D eigenvalue weighted by molar-refractivity contribution is -0.144. The van der Waals surface area contributed by atoms with Gasteiger partial charge in [0.25, 0.3) is 0 Å². The summed E-state index contributed by atoms with van der Waals surface area (Å²) in [6.07, 6.45) is -3.98. The number of nitrogens with two attached hydrogens (primary N) is 1. The summed E-state index contributed by atoms with van der Waals surface area (Å²) < 4.78 is 55.1. The third-order valence-electron chi connectivity index (χ3n) is 10.5. The summed E-state index contributed by atoms with van der Waals surface area (Å²) in [6, 6.07) is 18.2. The van der Waals surface area contributed by atoms with E-state index >= 15 is 0 Å². The van der Waals surface area contributed by atoms with Gasteiger partial charge in [-0.1, -0.05) is 24.3 Å². The average molecular weight is 1120 g/mol. The van der Waals surface area contributed by atoms with Crippen LogP contribution in [-0.2, 0) is 59.5 Å². The molecule has 7 atom stereocenters. The zero-order chi connectivity index (χ0) is 54.4. The second kappa shape index (κ2) is 23.5. The van der Waals surface area contributed by atoms with Gasteiger partial charge in [-0.3, -0.25) is 42.6 Å². The Morgan fingerprint density at radius 3 is 1.76 bits per heavy atom. The minimum atomic E-state index is -5.57. The van der Waals surface area contributed by atoms with Crippen molar-refractivity contribution in [2.75, 3.05) is 43.6 Å². The number of anilines is 2. The molecule has 1 aromatic carbocycles. The van der Waals surface area contributed by atoms with Crippen LogP contribution < -0.4 is 10.8 Å². The van der Waals surface area contributed by atoms with Crippen LogP contribution in [-0.4, -0.2) is 165 Å². The van der Waals surface area contributed by atoms with Gasteiger partial charge in [0.15, 0.2) is 17.7 Å². The van der Waals surface area contributed by atoms with Gasteiger partial charge in [-0.05, 0) is 59.7 Å². The molecular formula is C41H44N11O19P3S. The number of ether oxygens (including phenoxy) is 1. The number of nitrogens with zero attached hydrogens (tertiary/aromatic N) is 9. The molecule has 0 spiro atoms. The van der Waals surface area contributed by atoms with Gasteiger partial charge in [-0.2, -0.15) is 4.31 Å². The van der Waals surface area contributed by atoms with Crippen molar-refractivity contribution in [3.05, 3.63) is 96.8 Å². The molecule has 12 N–H and O–H groups in total. The van der Waals surface area contributed by atoms with Crippen molar-refractivity contribution in [1.29, 1.82) is 0 Å². The summed E-state index contributed by atoms with van der Waals surface area (Å²) >= 11 is -0.615. The fourth-order valence-electron chi connectivity index (χ4n) is 7.49. The summed E-state index contributed by atoms with van der Waals surface area (Å²) in [7, 11) is -5.57. The molecule has 1 fully saturated rings. The van der Waals surface area contributed by atoms with Gasteiger partial charge in [0.2, 0.25) is 0 Å². The van der Waals surface area contributed by atoms with E-state index in [9.17, 15) is 78.2 Å². The highest BCUT2D eigenvalue weighted by atomic mass is 33.1. The monoisotopic (exact) mass is 1120 g/mol. The molecule has 1 aliphatic heterocycles. The number of phosphoric ester groups is 1. The van der Waals surface area contributed by atoms with Gasteiger partial charge in [0.05, 0.1) is 84.3 Å². The molecule has 0 radical (unpaired) electrons. The molecule has 0 bridgehead atoms. The number of imidazole rings is 1. The number of nitrogen functional groups attached to an aromatic ring is 1. The lowest BCUT2D eigenvalue weighted by Gasteiger charge is -2.20. The molecule has 7 rings (SSSR count). The van der Waals surface area contributed by atoms with Gasteiger partial charge in [0, 0.05) is 18.8 Å². The Balaban J connectivity index is 1.08. The number of carboxylic acids is 4. The highest BCUT2D eigenvalue weighted by Crippen LogP contribution is 2.78. The first kappa shape index (κ1) is 56.1. The van der Waals surface area contributed by atoms with Crippen LogP contribution in [0.5, 0.6) is 0 Å². The molecule has 30 nitrogen and oxygen atoms in total.